The molecule has 0 radical (unpaired) electrons. The summed E-state index contributed by atoms with van der Waals surface area (Å²) in [6.45, 7) is 9.54. The Balaban J connectivity index is 3.16. The fourth-order valence-electron chi connectivity index (χ4n) is 2.42. The number of rotatable bonds is 6. The second-order valence-corrected chi connectivity index (χ2v) is 11.7. The second-order valence-electron chi connectivity index (χ2n) is 6.71. The third-order valence-corrected chi connectivity index (χ3v) is 4.55. The molecule has 1 fully saturated rings. The lowest BCUT2D eigenvalue weighted by atomic mass is 9.99. The molecule has 3 unspecified atom stereocenters. The number of ether oxygens (including phenoxy) is 4. The largest absolute Gasteiger partial charge is 0.463 e. The molecule has 10 heteroatoms. The first-order valence-electron chi connectivity index (χ1n) is 7.90. The maximum absolute atomic E-state index is 11.6. The van der Waals surface area contributed by atoms with E-state index in [1.165, 1.54) is 20.8 Å². The third kappa shape index (κ3) is 7.34. The Morgan fingerprint density at radius 1 is 0.920 bits per heavy atom. The molecule has 0 saturated carbocycles. The van der Waals surface area contributed by atoms with Crippen molar-refractivity contribution in [3.8, 4) is 0 Å². The van der Waals surface area contributed by atoms with Crippen LogP contribution in [0.3, 0.4) is 0 Å². The molecule has 0 amide bonds. The number of thiol groups is 1. The SMILES string of the molecule is CC(=O)OCC1O[C@H](S)C(OC(C)=O)C(OC(C)=O)[C@H]1O[Si](C)(C)C. The van der Waals surface area contributed by atoms with Gasteiger partial charge in [0.1, 0.15) is 24.3 Å². The maximum atomic E-state index is 11.6. The summed E-state index contributed by atoms with van der Waals surface area (Å²) in [6, 6.07) is 0. The highest BCUT2D eigenvalue weighted by atomic mass is 32.1. The Morgan fingerprint density at radius 2 is 1.44 bits per heavy atom. The van der Waals surface area contributed by atoms with Crippen molar-refractivity contribution in [1.82, 2.24) is 0 Å². The molecule has 0 bridgehead atoms. The fourth-order valence-corrected chi connectivity index (χ4v) is 3.91. The van der Waals surface area contributed by atoms with Gasteiger partial charge in [0.05, 0.1) is 0 Å². The molecule has 1 rings (SSSR count). The molecule has 1 aliphatic rings. The van der Waals surface area contributed by atoms with Crippen LogP contribution in [0.2, 0.25) is 19.6 Å². The van der Waals surface area contributed by atoms with Crippen LogP contribution in [-0.2, 0) is 37.8 Å². The summed E-state index contributed by atoms with van der Waals surface area (Å²) in [5.74, 6) is -1.59. The molecule has 0 aromatic rings. The quantitative estimate of drug-likeness (QED) is 0.311. The Labute approximate surface area is 154 Å². The zero-order valence-electron chi connectivity index (χ0n) is 15.3. The van der Waals surface area contributed by atoms with E-state index < -0.39 is 56.1 Å². The van der Waals surface area contributed by atoms with Crippen LogP contribution in [0.25, 0.3) is 0 Å². The molecule has 5 atom stereocenters. The molecule has 0 N–H and O–H groups in total. The summed E-state index contributed by atoms with van der Waals surface area (Å²) in [5, 5.41) is 0. The van der Waals surface area contributed by atoms with Crippen molar-refractivity contribution in [3.63, 3.8) is 0 Å². The van der Waals surface area contributed by atoms with Crippen LogP contribution in [0, 0.1) is 0 Å². The number of hydrogen-bond donors (Lipinski definition) is 1. The van der Waals surface area contributed by atoms with Crippen molar-refractivity contribution in [1.29, 1.82) is 0 Å². The standard InChI is InChI=1S/C15H26O8SSi/c1-8(16)19-7-11-12(23-25(4,5)6)13(20-9(2)17)14(15(24)22-11)21-10(3)18/h11-15,24H,7H2,1-6H3/t11?,12-,13?,14?,15+/m0/s1. The van der Waals surface area contributed by atoms with Gasteiger partial charge in [0.2, 0.25) is 0 Å². The van der Waals surface area contributed by atoms with E-state index in [0.29, 0.717) is 0 Å². The highest BCUT2D eigenvalue weighted by molar-refractivity contribution is 7.80. The predicted molar refractivity (Wildman–Crippen MR) is 93.6 cm³/mol. The van der Waals surface area contributed by atoms with E-state index in [1.807, 2.05) is 19.6 Å². The van der Waals surface area contributed by atoms with E-state index in [4.69, 9.17) is 23.4 Å². The third-order valence-electron chi connectivity index (χ3n) is 3.15. The van der Waals surface area contributed by atoms with E-state index >= 15 is 0 Å². The van der Waals surface area contributed by atoms with Crippen molar-refractivity contribution >= 4 is 38.9 Å². The molecule has 1 saturated heterocycles. The van der Waals surface area contributed by atoms with E-state index in [9.17, 15) is 14.4 Å². The normalized spacial score (nSPS) is 29.6. The Bertz CT molecular complexity index is 506. The lowest BCUT2D eigenvalue weighted by Crippen LogP contribution is -2.62. The van der Waals surface area contributed by atoms with E-state index in [1.54, 1.807) is 0 Å². The van der Waals surface area contributed by atoms with Crippen LogP contribution in [-0.4, -0.2) is 62.7 Å². The highest BCUT2D eigenvalue weighted by Gasteiger charge is 2.50. The summed E-state index contributed by atoms with van der Waals surface area (Å²) < 4.78 is 27.5. The van der Waals surface area contributed by atoms with E-state index in [0.717, 1.165) is 0 Å². The lowest BCUT2D eigenvalue weighted by Gasteiger charge is -2.45. The lowest BCUT2D eigenvalue weighted by molar-refractivity contribution is -0.226. The van der Waals surface area contributed by atoms with Gasteiger partial charge in [-0.25, -0.2) is 0 Å². The minimum atomic E-state index is -2.10. The van der Waals surface area contributed by atoms with Crippen LogP contribution in [0.4, 0.5) is 0 Å². The van der Waals surface area contributed by atoms with Gasteiger partial charge in [0.25, 0.3) is 0 Å². The van der Waals surface area contributed by atoms with Crippen molar-refractivity contribution in [2.24, 2.45) is 0 Å². The topological polar surface area (TPSA) is 97.4 Å². The monoisotopic (exact) mass is 394 g/mol. The van der Waals surface area contributed by atoms with Crippen molar-refractivity contribution in [2.45, 2.75) is 70.3 Å². The van der Waals surface area contributed by atoms with Crippen LogP contribution < -0.4 is 0 Å². The molecule has 25 heavy (non-hydrogen) atoms. The molecule has 8 nitrogen and oxygen atoms in total. The first-order valence-corrected chi connectivity index (χ1v) is 11.8. The van der Waals surface area contributed by atoms with Crippen molar-refractivity contribution in [2.75, 3.05) is 6.61 Å². The average Bonchev–Trinajstić information content (AvgIpc) is 2.41. The molecule has 0 aromatic heterocycles. The van der Waals surface area contributed by atoms with Gasteiger partial charge in [-0.1, -0.05) is 0 Å². The molecule has 0 aliphatic carbocycles. The van der Waals surface area contributed by atoms with Gasteiger partial charge in [0.15, 0.2) is 20.5 Å². The van der Waals surface area contributed by atoms with Gasteiger partial charge < -0.3 is 23.4 Å². The van der Waals surface area contributed by atoms with Gasteiger partial charge in [0, 0.05) is 20.8 Å². The van der Waals surface area contributed by atoms with Crippen LogP contribution in [0.15, 0.2) is 0 Å². The van der Waals surface area contributed by atoms with Crippen molar-refractivity contribution < 1.29 is 37.8 Å². The zero-order chi connectivity index (χ0) is 19.4. The van der Waals surface area contributed by atoms with Gasteiger partial charge in [-0.3, -0.25) is 14.4 Å². The summed E-state index contributed by atoms with van der Waals surface area (Å²) in [4.78, 5) is 34.1. The summed E-state index contributed by atoms with van der Waals surface area (Å²) >= 11 is 4.29. The van der Waals surface area contributed by atoms with Gasteiger partial charge >= 0.3 is 17.9 Å². The van der Waals surface area contributed by atoms with Crippen LogP contribution in [0.1, 0.15) is 20.8 Å². The molecule has 1 aliphatic heterocycles. The van der Waals surface area contributed by atoms with Crippen molar-refractivity contribution in [3.05, 3.63) is 0 Å². The Morgan fingerprint density at radius 3 is 1.88 bits per heavy atom. The van der Waals surface area contributed by atoms with Crippen LogP contribution >= 0.6 is 12.6 Å². The molecule has 1 heterocycles. The zero-order valence-corrected chi connectivity index (χ0v) is 17.2. The second kappa shape index (κ2) is 9.02. The minimum Gasteiger partial charge on any atom is -0.463 e. The van der Waals surface area contributed by atoms with Gasteiger partial charge in [-0.2, -0.15) is 0 Å². The molecule has 0 aromatic carbocycles. The highest BCUT2D eigenvalue weighted by Crippen LogP contribution is 2.32. The Kier molecular flexibility index (Phi) is 7.91. The first-order chi connectivity index (χ1) is 11.4. The van der Waals surface area contributed by atoms with Gasteiger partial charge in [-0.05, 0) is 19.6 Å². The minimum absolute atomic E-state index is 0.0912. The van der Waals surface area contributed by atoms with Crippen LogP contribution in [0.5, 0.6) is 0 Å². The molecular weight excluding hydrogens is 368 g/mol. The smallest absolute Gasteiger partial charge is 0.303 e. The predicted octanol–water partition coefficient (Wildman–Crippen LogP) is 1.29. The number of esters is 3. The number of hydrogen-bond acceptors (Lipinski definition) is 9. The number of carbonyl (C=O) groups excluding carboxylic acids is 3. The van der Waals surface area contributed by atoms with Gasteiger partial charge in [-0.15, -0.1) is 12.6 Å². The van der Waals surface area contributed by atoms with E-state index in [2.05, 4.69) is 12.6 Å². The average molecular weight is 395 g/mol. The maximum Gasteiger partial charge on any atom is 0.303 e. The molecule has 144 valence electrons. The number of carbonyl (C=O) groups is 3. The summed E-state index contributed by atoms with van der Waals surface area (Å²) in [7, 11) is -2.10. The summed E-state index contributed by atoms with van der Waals surface area (Å²) in [6.07, 6.45) is -3.35. The Hall–Kier alpha value is -1.10. The molecule has 0 spiro atoms. The summed E-state index contributed by atoms with van der Waals surface area (Å²) in [5.41, 5.74) is -0.865. The van der Waals surface area contributed by atoms with E-state index in [-0.39, 0.29) is 6.61 Å². The first kappa shape index (κ1) is 21.9. The molecular formula is C15H26O8SSi. The fraction of sp³-hybridized carbons (Fsp3) is 0.800.